The molecule has 1 aromatic rings. The van der Waals surface area contributed by atoms with Crippen LogP contribution in [0.15, 0.2) is 28.7 Å². The third-order valence-electron chi connectivity index (χ3n) is 6.39. The highest BCUT2D eigenvalue weighted by Crippen LogP contribution is 2.30. The number of ether oxygens (including phenoxy) is 1. The Hall–Kier alpha value is -1.70. The molecule has 2 aliphatic heterocycles. The molecule has 0 saturated carbocycles. The zero-order valence-corrected chi connectivity index (χ0v) is 17.8. The molecule has 2 fully saturated rings. The Balaban J connectivity index is 1.43. The van der Waals surface area contributed by atoms with Crippen molar-refractivity contribution >= 4 is 22.0 Å². The van der Waals surface area contributed by atoms with Crippen LogP contribution in [0.2, 0.25) is 0 Å². The number of rotatable bonds is 5. The van der Waals surface area contributed by atoms with Gasteiger partial charge in [0, 0.05) is 44.8 Å². The third-order valence-corrected chi connectivity index (χ3v) is 8.29. The zero-order valence-electron chi connectivity index (χ0n) is 17.0. The van der Waals surface area contributed by atoms with E-state index in [9.17, 15) is 13.2 Å². The van der Waals surface area contributed by atoms with E-state index in [1.54, 1.807) is 16.4 Å². The molecule has 0 bridgehead atoms. The van der Waals surface area contributed by atoms with E-state index in [0.29, 0.717) is 48.4 Å². The number of piperidine rings is 1. The summed E-state index contributed by atoms with van der Waals surface area (Å²) < 4.78 is 33.0. The molecule has 7 heteroatoms. The lowest BCUT2D eigenvalue weighted by Gasteiger charge is -2.29. The summed E-state index contributed by atoms with van der Waals surface area (Å²) in [6, 6.07) is 5.26. The van der Waals surface area contributed by atoms with Crippen molar-refractivity contribution in [3.63, 3.8) is 0 Å². The quantitative estimate of drug-likeness (QED) is 0.798. The lowest BCUT2D eigenvalue weighted by molar-refractivity contribution is -0.117. The van der Waals surface area contributed by atoms with Gasteiger partial charge in [0.2, 0.25) is 15.9 Å². The van der Waals surface area contributed by atoms with Crippen molar-refractivity contribution < 1.29 is 17.9 Å². The number of fused-ring (bicyclic) bond motifs is 1. The van der Waals surface area contributed by atoms with Crippen molar-refractivity contribution in [2.24, 2.45) is 11.8 Å². The van der Waals surface area contributed by atoms with Crippen LogP contribution in [0.5, 0.6) is 0 Å². The van der Waals surface area contributed by atoms with E-state index >= 15 is 0 Å². The van der Waals surface area contributed by atoms with Crippen molar-refractivity contribution in [2.75, 3.05) is 32.8 Å². The van der Waals surface area contributed by atoms with E-state index in [0.717, 1.165) is 50.0 Å². The van der Waals surface area contributed by atoms with E-state index in [2.05, 4.69) is 12.2 Å². The smallest absolute Gasteiger partial charge is 0.247 e. The van der Waals surface area contributed by atoms with Gasteiger partial charge in [-0.1, -0.05) is 13.0 Å². The second-order valence-electron chi connectivity index (χ2n) is 8.56. The summed E-state index contributed by atoms with van der Waals surface area (Å²) in [5.41, 5.74) is 2.55. The Morgan fingerprint density at radius 1 is 1.17 bits per heavy atom. The number of carbonyl (C=O) groups is 1. The number of nitrogens with zero attached hydrogens (tertiary/aromatic N) is 1. The highest BCUT2D eigenvalue weighted by molar-refractivity contribution is 7.89. The van der Waals surface area contributed by atoms with E-state index in [1.165, 1.54) is 0 Å². The van der Waals surface area contributed by atoms with Crippen LogP contribution < -0.4 is 5.32 Å². The molecule has 1 aromatic carbocycles. The molecule has 4 rings (SSSR count). The first kappa shape index (κ1) is 20.6. The van der Waals surface area contributed by atoms with Crippen molar-refractivity contribution in [1.82, 2.24) is 9.62 Å². The lowest BCUT2D eigenvalue weighted by Crippen LogP contribution is -2.37. The number of nitrogens with one attached hydrogen (secondary N) is 1. The zero-order chi connectivity index (χ0) is 20.4. The van der Waals surface area contributed by atoms with Gasteiger partial charge in [-0.05, 0) is 66.9 Å². The van der Waals surface area contributed by atoms with Crippen LogP contribution in [0, 0.1) is 11.8 Å². The number of hydrogen-bond donors (Lipinski definition) is 1. The molecular formula is C22H30N2O4S. The minimum atomic E-state index is -3.48. The summed E-state index contributed by atoms with van der Waals surface area (Å²) in [5.74, 6) is 0.995. The molecule has 1 aliphatic carbocycles. The second kappa shape index (κ2) is 8.58. The molecule has 3 aliphatic rings. The van der Waals surface area contributed by atoms with Gasteiger partial charge in [0.15, 0.2) is 0 Å². The Kier molecular flexibility index (Phi) is 6.08. The molecule has 6 nitrogen and oxygen atoms in total. The van der Waals surface area contributed by atoms with Gasteiger partial charge < -0.3 is 10.1 Å². The number of benzene rings is 1. The minimum absolute atomic E-state index is 0.0536. The monoisotopic (exact) mass is 418 g/mol. The van der Waals surface area contributed by atoms with Crippen LogP contribution in [-0.2, 0) is 26.0 Å². The van der Waals surface area contributed by atoms with Gasteiger partial charge in [0.1, 0.15) is 0 Å². The first-order valence-electron chi connectivity index (χ1n) is 10.6. The van der Waals surface area contributed by atoms with Crippen molar-refractivity contribution in [3.05, 3.63) is 34.9 Å². The normalized spacial score (nSPS) is 21.6. The fourth-order valence-electron chi connectivity index (χ4n) is 4.29. The SMILES string of the molecule is CC1CCN(S(=O)(=O)c2ccc3c(c2)C=C(C(=O)NCC2CCOCC2)C3)CC1. The van der Waals surface area contributed by atoms with Crippen LogP contribution >= 0.6 is 0 Å². The molecule has 158 valence electrons. The van der Waals surface area contributed by atoms with Crippen LogP contribution in [0.4, 0.5) is 0 Å². The summed E-state index contributed by atoms with van der Waals surface area (Å²) in [5, 5.41) is 3.04. The Bertz CT molecular complexity index is 895. The first-order valence-corrected chi connectivity index (χ1v) is 12.1. The van der Waals surface area contributed by atoms with Crippen molar-refractivity contribution in [3.8, 4) is 0 Å². The van der Waals surface area contributed by atoms with Crippen molar-refractivity contribution in [1.29, 1.82) is 0 Å². The Labute approximate surface area is 173 Å². The molecule has 0 aromatic heterocycles. The van der Waals surface area contributed by atoms with Crippen LogP contribution in [0.1, 0.15) is 43.7 Å². The summed E-state index contributed by atoms with van der Waals surface area (Å²) in [7, 11) is -3.48. The van der Waals surface area contributed by atoms with Gasteiger partial charge in [-0.15, -0.1) is 0 Å². The predicted octanol–water partition coefficient (Wildman–Crippen LogP) is 2.59. The second-order valence-corrected chi connectivity index (χ2v) is 10.5. The molecule has 0 radical (unpaired) electrons. The molecule has 2 saturated heterocycles. The highest BCUT2D eigenvalue weighted by Gasteiger charge is 2.29. The Morgan fingerprint density at radius 3 is 2.62 bits per heavy atom. The molecule has 0 unspecified atom stereocenters. The van der Waals surface area contributed by atoms with Crippen LogP contribution in [0.3, 0.4) is 0 Å². The topological polar surface area (TPSA) is 75.7 Å². The van der Waals surface area contributed by atoms with Gasteiger partial charge in [-0.25, -0.2) is 8.42 Å². The van der Waals surface area contributed by atoms with Gasteiger partial charge in [0.25, 0.3) is 0 Å². The molecule has 1 N–H and O–H groups in total. The maximum absolute atomic E-state index is 13.0. The number of sulfonamides is 1. The molecule has 2 heterocycles. The minimum Gasteiger partial charge on any atom is -0.381 e. The van der Waals surface area contributed by atoms with Gasteiger partial charge in [-0.2, -0.15) is 4.31 Å². The number of carbonyl (C=O) groups excluding carboxylic acids is 1. The summed E-state index contributed by atoms with van der Waals surface area (Å²) in [4.78, 5) is 12.9. The van der Waals surface area contributed by atoms with Gasteiger partial charge in [0.05, 0.1) is 4.90 Å². The first-order chi connectivity index (χ1) is 13.9. The average Bonchev–Trinajstić information content (AvgIpc) is 3.16. The number of hydrogen-bond acceptors (Lipinski definition) is 4. The van der Waals surface area contributed by atoms with E-state index < -0.39 is 10.0 Å². The van der Waals surface area contributed by atoms with E-state index in [4.69, 9.17) is 4.74 Å². The Morgan fingerprint density at radius 2 is 1.90 bits per heavy atom. The standard InChI is InChI=1S/C22H30N2O4S/c1-16-4-8-24(9-5-16)29(26,27)21-3-2-18-12-20(13-19(18)14-21)22(25)23-15-17-6-10-28-11-7-17/h2-3,13-14,16-17H,4-12,15H2,1H3,(H,23,25). The van der Waals surface area contributed by atoms with Crippen LogP contribution in [-0.4, -0.2) is 51.5 Å². The van der Waals surface area contributed by atoms with Crippen molar-refractivity contribution in [2.45, 2.75) is 43.9 Å². The number of amides is 1. The van der Waals surface area contributed by atoms with E-state index in [-0.39, 0.29) is 5.91 Å². The summed E-state index contributed by atoms with van der Waals surface area (Å²) in [6.45, 7) is 5.53. The largest absolute Gasteiger partial charge is 0.381 e. The van der Waals surface area contributed by atoms with E-state index in [1.807, 2.05) is 12.1 Å². The maximum Gasteiger partial charge on any atom is 0.247 e. The molecule has 0 atom stereocenters. The van der Waals surface area contributed by atoms with Gasteiger partial charge in [-0.3, -0.25) is 4.79 Å². The summed E-state index contributed by atoms with van der Waals surface area (Å²) in [6.07, 6.45) is 6.16. The van der Waals surface area contributed by atoms with Crippen LogP contribution in [0.25, 0.3) is 6.08 Å². The molecule has 0 spiro atoms. The fourth-order valence-corrected chi connectivity index (χ4v) is 5.80. The molecule has 1 amide bonds. The lowest BCUT2D eigenvalue weighted by atomic mass is 10.0. The maximum atomic E-state index is 13.0. The molecular weight excluding hydrogens is 388 g/mol. The molecule has 29 heavy (non-hydrogen) atoms. The highest BCUT2D eigenvalue weighted by atomic mass is 32.2. The fraction of sp³-hybridized carbons (Fsp3) is 0.591. The summed E-state index contributed by atoms with van der Waals surface area (Å²) >= 11 is 0. The van der Waals surface area contributed by atoms with Gasteiger partial charge >= 0.3 is 0 Å². The average molecular weight is 419 g/mol. The predicted molar refractivity (Wildman–Crippen MR) is 112 cm³/mol. The third kappa shape index (κ3) is 4.57.